The highest BCUT2D eigenvalue weighted by atomic mass is 35.5. The average molecular weight is 467 g/mol. The molecule has 1 heterocycles. The molecule has 1 aliphatic rings. The minimum Gasteiger partial charge on any atom is -0.490 e. The number of benzene rings is 2. The molecule has 0 spiro atoms. The van der Waals surface area contributed by atoms with Gasteiger partial charge in [0.15, 0.2) is 6.23 Å². The third-order valence-corrected chi connectivity index (χ3v) is 5.86. The fourth-order valence-electron chi connectivity index (χ4n) is 3.53. The van der Waals surface area contributed by atoms with Gasteiger partial charge in [-0.2, -0.15) is 0 Å². The van der Waals surface area contributed by atoms with Crippen molar-refractivity contribution < 1.29 is 19.4 Å². The molecular weight excluding hydrogens is 439 g/mol. The maximum Gasteiger partial charge on any atom is 0.257 e. The summed E-state index contributed by atoms with van der Waals surface area (Å²) in [5.74, 6) is 0.965. The number of amides is 1. The Balaban J connectivity index is 1.59. The molecule has 1 N–H and O–H groups in total. The van der Waals surface area contributed by atoms with Crippen molar-refractivity contribution in [1.29, 1.82) is 0 Å². The predicted molar refractivity (Wildman–Crippen MR) is 122 cm³/mol. The quantitative estimate of drug-likeness (QED) is 0.627. The van der Waals surface area contributed by atoms with Gasteiger partial charge in [-0.3, -0.25) is 9.69 Å². The van der Waals surface area contributed by atoms with Gasteiger partial charge in [0.1, 0.15) is 24.2 Å². The molecule has 6 nitrogen and oxygen atoms in total. The van der Waals surface area contributed by atoms with Crippen LogP contribution < -0.4 is 9.47 Å². The molecule has 1 fully saturated rings. The number of aliphatic hydroxyl groups excluding tert-OH is 1. The monoisotopic (exact) mass is 466 g/mol. The second-order valence-electron chi connectivity index (χ2n) is 7.80. The van der Waals surface area contributed by atoms with E-state index in [2.05, 4.69) is 4.90 Å². The number of halogens is 2. The number of piperidine rings is 1. The fraction of sp³-hybridized carbons (Fsp3) is 0.435. The van der Waals surface area contributed by atoms with Crippen molar-refractivity contribution in [1.82, 2.24) is 9.80 Å². The summed E-state index contributed by atoms with van der Waals surface area (Å²) >= 11 is 12.1. The fourth-order valence-corrected chi connectivity index (χ4v) is 3.82. The van der Waals surface area contributed by atoms with E-state index in [-0.39, 0.29) is 18.7 Å². The van der Waals surface area contributed by atoms with Crippen LogP contribution in [0.1, 0.15) is 29.6 Å². The molecule has 168 valence electrons. The number of carbonyl (C=O) groups is 1. The van der Waals surface area contributed by atoms with Crippen molar-refractivity contribution in [3.63, 3.8) is 0 Å². The summed E-state index contributed by atoms with van der Waals surface area (Å²) in [6.45, 7) is 1.29. The number of hydrogen-bond acceptors (Lipinski definition) is 5. The average Bonchev–Trinajstić information content (AvgIpc) is 2.76. The first-order valence-corrected chi connectivity index (χ1v) is 11.1. The van der Waals surface area contributed by atoms with E-state index < -0.39 is 6.10 Å². The van der Waals surface area contributed by atoms with Crippen molar-refractivity contribution in [2.75, 3.05) is 33.8 Å². The maximum atomic E-state index is 12.3. The Morgan fingerprint density at radius 3 is 2.71 bits per heavy atom. The molecule has 1 aliphatic heterocycles. The van der Waals surface area contributed by atoms with Gasteiger partial charge in [0.25, 0.3) is 5.91 Å². The maximum absolute atomic E-state index is 12.3. The highest BCUT2D eigenvalue weighted by molar-refractivity contribution is 6.42. The van der Waals surface area contributed by atoms with Gasteiger partial charge in [-0.25, -0.2) is 0 Å². The van der Waals surface area contributed by atoms with Crippen molar-refractivity contribution in [2.45, 2.75) is 31.6 Å². The lowest BCUT2D eigenvalue weighted by molar-refractivity contribution is -0.0363. The minimum absolute atomic E-state index is 0.0771. The zero-order chi connectivity index (χ0) is 22.4. The zero-order valence-corrected chi connectivity index (χ0v) is 19.3. The van der Waals surface area contributed by atoms with Crippen LogP contribution in [-0.4, -0.2) is 66.9 Å². The van der Waals surface area contributed by atoms with Crippen LogP contribution in [0.2, 0.25) is 10.0 Å². The molecule has 0 aliphatic carbocycles. The molecule has 2 aromatic rings. The highest BCUT2D eigenvalue weighted by Crippen LogP contribution is 2.29. The summed E-state index contributed by atoms with van der Waals surface area (Å²) in [7, 11) is 3.39. The lowest BCUT2D eigenvalue weighted by atomic mass is 10.1. The van der Waals surface area contributed by atoms with Crippen molar-refractivity contribution in [3.05, 3.63) is 58.1 Å². The van der Waals surface area contributed by atoms with Gasteiger partial charge >= 0.3 is 0 Å². The number of aliphatic hydroxyl groups is 1. The minimum atomic E-state index is -0.736. The van der Waals surface area contributed by atoms with Crippen LogP contribution >= 0.6 is 23.2 Å². The van der Waals surface area contributed by atoms with E-state index in [0.717, 1.165) is 25.8 Å². The number of rotatable bonds is 8. The molecule has 8 heteroatoms. The molecule has 1 saturated heterocycles. The molecule has 0 bridgehead atoms. The summed E-state index contributed by atoms with van der Waals surface area (Å²) < 4.78 is 11.9. The second kappa shape index (κ2) is 11.0. The van der Waals surface area contributed by atoms with Gasteiger partial charge in [-0.15, -0.1) is 0 Å². The lowest BCUT2D eigenvalue weighted by Crippen LogP contribution is -2.47. The van der Waals surface area contributed by atoms with E-state index in [1.807, 2.05) is 0 Å². The number of para-hydroxylation sites is 1. The molecule has 1 amide bonds. The van der Waals surface area contributed by atoms with Crippen LogP contribution in [0, 0.1) is 0 Å². The molecule has 0 aromatic heterocycles. The Kier molecular flexibility index (Phi) is 8.43. The predicted octanol–water partition coefficient (Wildman–Crippen LogP) is 4.33. The number of ether oxygens (including phenoxy) is 2. The largest absolute Gasteiger partial charge is 0.490 e. The Bertz CT molecular complexity index is 894. The van der Waals surface area contributed by atoms with Crippen molar-refractivity contribution >= 4 is 29.1 Å². The van der Waals surface area contributed by atoms with Crippen LogP contribution in [0.15, 0.2) is 42.5 Å². The third kappa shape index (κ3) is 6.50. The smallest absolute Gasteiger partial charge is 0.257 e. The second-order valence-corrected chi connectivity index (χ2v) is 8.61. The van der Waals surface area contributed by atoms with Gasteiger partial charge in [0.2, 0.25) is 0 Å². The standard InChI is InChI=1S/C23H28Cl2N2O4/c1-26(2)23(29)18-7-3-4-8-21(18)30-15-16(28)14-27-12-6-5-9-22(27)31-17-10-11-19(24)20(25)13-17/h3-4,7-8,10-11,13,16,22,28H,5-6,9,12,14-15H2,1-2H3. The molecular formula is C23H28Cl2N2O4. The van der Waals surface area contributed by atoms with Gasteiger partial charge in [-0.05, 0) is 43.5 Å². The van der Waals surface area contributed by atoms with Crippen LogP contribution in [-0.2, 0) is 0 Å². The number of β-amino-alcohol motifs (C(OH)–C–C–N with tert-alkyl or cyclic N) is 1. The number of carbonyl (C=O) groups excluding carboxylic acids is 1. The highest BCUT2D eigenvalue weighted by Gasteiger charge is 2.26. The summed E-state index contributed by atoms with van der Waals surface area (Å²) in [6, 6.07) is 12.3. The Hall–Kier alpha value is -1.99. The van der Waals surface area contributed by atoms with Crippen LogP contribution in [0.5, 0.6) is 11.5 Å². The summed E-state index contributed by atoms with van der Waals surface area (Å²) in [4.78, 5) is 15.9. The van der Waals surface area contributed by atoms with Crippen LogP contribution in [0.4, 0.5) is 0 Å². The van der Waals surface area contributed by atoms with E-state index in [1.54, 1.807) is 56.6 Å². The first-order chi connectivity index (χ1) is 14.8. The number of hydrogen-bond donors (Lipinski definition) is 1. The van der Waals surface area contributed by atoms with E-state index >= 15 is 0 Å². The first-order valence-electron chi connectivity index (χ1n) is 10.3. The van der Waals surface area contributed by atoms with Crippen LogP contribution in [0.25, 0.3) is 0 Å². The number of nitrogens with zero attached hydrogens (tertiary/aromatic N) is 2. The van der Waals surface area contributed by atoms with Gasteiger partial charge < -0.3 is 19.5 Å². The molecule has 3 rings (SSSR count). The topological polar surface area (TPSA) is 62.2 Å². The molecule has 0 radical (unpaired) electrons. The Morgan fingerprint density at radius 2 is 1.97 bits per heavy atom. The zero-order valence-electron chi connectivity index (χ0n) is 17.8. The summed E-state index contributed by atoms with van der Waals surface area (Å²) in [5, 5.41) is 11.5. The third-order valence-electron chi connectivity index (χ3n) is 5.12. The van der Waals surface area contributed by atoms with Gasteiger partial charge in [0.05, 0.1) is 15.6 Å². The van der Waals surface area contributed by atoms with Crippen LogP contribution in [0.3, 0.4) is 0 Å². The molecule has 2 unspecified atom stereocenters. The van der Waals surface area contributed by atoms with Crippen molar-refractivity contribution in [2.24, 2.45) is 0 Å². The lowest BCUT2D eigenvalue weighted by Gasteiger charge is -2.36. The Morgan fingerprint density at radius 1 is 1.19 bits per heavy atom. The summed E-state index contributed by atoms with van der Waals surface area (Å²) in [5.41, 5.74) is 0.471. The number of likely N-dealkylation sites (tertiary alicyclic amines) is 1. The van der Waals surface area contributed by atoms with E-state index in [0.29, 0.717) is 33.7 Å². The molecule has 2 atom stereocenters. The van der Waals surface area contributed by atoms with E-state index in [4.69, 9.17) is 32.7 Å². The Labute approximate surface area is 193 Å². The van der Waals surface area contributed by atoms with E-state index in [1.165, 1.54) is 4.90 Å². The SMILES string of the molecule is CN(C)C(=O)c1ccccc1OCC(O)CN1CCCCC1Oc1ccc(Cl)c(Cl)c1. The molecule has 0 saturated carbocycles. The van der Waals surface area contributed by atoms with E-state index in [9.17, 15) is 9.90 Å². The van der Waals surface area contributed by atoms with Gasteiger partial charge in [0, 0.05) is 33.3 Å². The molecule has 2 aromatic carbocycles. The van der Waals surface area contributed by atoms with Crippen molar-refractivity contribution in [3.8, 4) is 11.5 Å². The van der Waals surface area contributed by atoms with Gasteiger partial charge in [-0.1, -0.05) is 35.3 Å². The molecule has 31 heavy (non-hydrogen) atoms. The summed E-state index contributed by atoms with van der Waals surface area (Å²) in [6.07, 6.45) is 2.04. The normalized spacial score (nSPS) is 17.8. The first kappa shape index (κ1) is 23.7.